The largest absolute Gasteiger partial charge is 0.455 e. The number of rotatable bonds is 7. The molecule has 4 nitrogen and oxygen atoms in total. The van der Waals surface area contributed by atoms with Gasteiger partial charge in [-0.3, -0.25) is 4.79 Å². The minimum Gasteiger partial charge on any atom is -0.455 e. The van der Waals surface area contributed by atoms with E-state index in [4.69, 9.17) is 4.74 Å². The Morgan fingerprint density at radius 1 is 1.04 bits per heavy atom. The molecular weight excluding hydrogens is 357 g/mol. The van der Waals surface area contributed by atoms with Gasteiger partial charge in [0.15, 0.2) is 5.75 Å². The molecule has 0 radical (unpaired) electrons. The zero-order chi connectivity index (χ0) is 19.9. The van der Waals surface area contributed by atoms with E-state index in [9.17, 15) is 18.0 Å². The van der Waals surface area contributed by atoms with Gasteiger partial charge in [-0.25, -0.2) is 0 Å². The predicted molar refractivity (Wildman–Crippen MR) is 98.6 cm³/mol. The summed E-state index contributed by atoms with van der Waals surface area (Å²) in [6.45, 7) is 0. The first-order valence-corrected chi connectivity index (χ1v) is 8.02. The van der Waals surface area contributed by atoms with Crippen molar-refractivity contribution in [3.63, 3.8) is 0 Å². The molecule has 0 saturated carbocycles. The number of carbonyl (C=O) groups excluding carboxylic acids is 1. The second-order valence-corrected chi connectivity index (χ2v) is 5.78. The molecule has 1 N–H and O–H groups in total. The summed E-state index contributed by atoms with van der Waals surface area (Å²) >= 11 is 0. The summed E-state index contributed by atoms with van der Waals surface area (Å²) in [6, 6.07) is 15.7. The normalized spacial score (nSPS) is 12.1. The fraction of sp³-hybridized carbons (Fsp3) is 0.150. The van der Waals surface area contributed by atoms with Crippen molar-refractivity contribution in [3.8, 4) is 11.5 Å². The van der Waals surface area contributed by atoms with Crippen LogP contribution < -0.4 is 10.1 Å². The lowest BCUT2D eigenvalue weighted by Crippen LogP contribution is -2.21. The number of allylic oxidation sites excluding steroid dienone is 2. The molecule has 0 unspecified atom stereocenters. The maximum atomic E-state index is 12.6. The predicted octanol–water partition coefficient (Wildman–Crippen LogP) is 4.98. The van der Waals surface area contributed by atoms with Crippen LogP contribution in [0.25, 0.3) is 0 Å². The minimum absolute atomic E-state index is 0.0184. The molecule has 27 heavy (non-hydrogen) atoms. The maximum Gasteiger partial charge on any atom is 0.454 e. The first kappa shape index (κ1) is 20.1. The van der Waals surface area contributed by atoms with E-state index < -0.39 is 12.0 Å². The van der Waals surface area contributed by atoms with Crippen LogP contribution in [0.2, 0.25) is 0 Å². The molecule has 2 aromatic rings. The summed E-state index contributed by atoms with van der Waals surface area (Å²) in [5, 5.41) is 2.83. The second kappa shape index (κ2) is 8.93. The third-order valence-corrected chi connectivity index (χ3v) is 3.26. The zero-order valence-corrected chi connectivity index (χ0v) is 14.8. The number of ketones is 1. The topological polar surface area (TPSA) is 41.6 Å². The fourth-order valence-corrected chi connectivity index (χ4v) is 2.01. The van der Waals surface area contributed by atoms with Gasteiger partial charge in [-0.1, -0.05) is 30.3 Å². The minimum atomic E-state index is -4.95. The van der Waals surface area contributed by atoms with E-state index in [1.165, 1.54) is 12.3 Å². The van der Waals surface area contributed by atoms with Crippen LogP contribution in [0, 0.1) is 0 Å². The van der Waals surface area contributed by atoms with Crippen LogP contribution in [-0.4, -0.2) is 31.0 Å². The van der Waals surface area contributed by atoms with Gasteiger partial charge in [0.25, 0.3) is 5.78 Å². The van der Waals surface area contributed by atoms with E-state index in [-0.39, 0.29) is 5.70 Å². The van der Waals surface area contributed by atoms with Gasteiger partial charge in [-0.15, -0.1) is 0 Å². The summed E-state index contributed by atoms with van der Waals surface area (Å²) in [6.07, 6.45) is -1.52. The van der Waals surface area contributed by atoms with Gasteiger partial charge in [0.05, 0.1) is 5.69 Å². The first-order valence-electron chi connectivity index (χ1n) is 8.02. The van der Waals surface area contributed by atoms with Gasteiger partial charge in [-0.05, 0) is 30.3 Å². The molecule has 0 spiro atoms. The summed E-state index contributed by atoms with van der Waals surface area (Å²) in [5.74, 6) is -0.963. The number of alkyl halides is 3. The summed E-state index contributed by atoms with van der Waals surface area (Å²) in [7, 11) is 3.43. The molecule has 0 aliphatic carbocycles. The smallest absolute Gasteiger partial charge is 0.454 e. The van der Waals surface area contributed by atoms with Gasteiger partial charge >= 0.3 is 6.18 Å². The number of halogens is 3. The van der Waals surface area contributed by atoms with Crippen molar-refractivity contribution in [1.82, 2.24) is 4.90 Å². The van der Waals surface area contributed by atoms with Crippen LogP contribution in [0.4, 0.5) is 18.9 Å². The van der Waals surface area contributed by atoms with E-state index in [1.807, 2.05) is 6.07 Å². The third kappa shape index (κ3) is 6.54. The van der Waals surface area contributed by atoms with Crippen molar-refractivity contribution < 1.29 is 22.7 Å². The van der Waals surface area contributed by atoms with Crippen molar-refractivity contribution in [2.45, 2.75) is 6.18 Å². The number of anilines is 1. The standard InChI is InChI=1S/C20H19F3N2O2/c1-25(2)13-12-15(14-19(26)20(21,22)23)24-17-10-6-7-11-18(17)27-16-8-4-3-5-9-16/h3-14,24H,1-2H3. The molecule has 0 atom stereocenters. The lowest BCUT2D eigenvalue weighted by molar-refractivity contribution is -0.165. The number of para-hydroxylation sites is 3. The second-order valence-electron chi connectivity index (χ2n) is 5.78. The van der Waals surface area contributed by atoms with Crippen LogP contribution >= 0.6 is 0 Å². The Morgan fingerprint density at radius 2 is 1.67 bits per heavy atom. The van der Waals surface area contributed by atoms with Gasteiger partial charge in [0.1, 0.15) is 5.75 Å². The van der Waals surface area contributed by atoms with Crippen molar-refractivity contribution in [2.75, 3.05) is 19.4 Å². The van der Waals surface area contributed by atoms with Gasteiger partial charge in [0.2, 0.25) is 0 Å². The number of hydrogen-bond acceptors (Lipinski definition) is 4. The van der Waals surface area contributed by atoms with E-state index in [2.05, 4.69) is 5.32 Å². The highest BCUT2D eigenvalue weighted by Crippen LogP contribution is 2.30. The number of carbonyl (C=O) groups is 1. The molecule has 0 fully saturated rings. The Kier molecular flexibility index (Phi) is 6.65. The van der Waals surface area contributed by atoms with Gasteiger partial charge in [-0.2, -0.15) is 13.2 Å². The molecule has 0 aliphatic rings. The van der Waals surface area contributed by atoms with Crippen LogP contribution in [0.5, 0.6) is 11.5 Å². The molecule has 142 valence electrons. The van der Waals surface area contributed by atoms with Gasteiger partial charge in [0, 0.05) is 32.1 Å². The SMILES string of the molecule is CN(C)C=CC(=CC(=O)C(F)(F)F)Nc1ccccc1Oc1ccccc1. The van der Waals surface area contributed by atoms with Crippen molar-refractivity contribution in [1.29, 1.82) is 0 Å². The van der Waals surface area contributed by atoms with E-state index >= 15 is 0 Å². The van der Waals surface area contributed by atoms with Crippen molar-refractivity contribution >= 4 is 11.5 Å². The molecular formula is C20H19F3N2O2. The van der Waals surface area contributed by atoms with E-state index in [0.29, 0.717) is 23.3 Å². The number of benzene rings is 2. The monoisotopic (exact) mass is 376 g/mol. The molecule has 0 heterocycles. The quantitative estimate of drug-likeness (QED) is 0.547. The fourth-order valence-electron chi connectivity index (χ4n) is 2.01. The van der Waals surface area contributed by atoms with Crippen LogP contribution in [0.15, 0.2) is 78.6 Å². The Bertz CT molecular complexity index is 829. The maximum absolute atomic E-state index is 12.6. The molecule has 0 saturated heterocycles. The highest BCUT2D eigenvalue weighted by Gasteiger charge is 2.36. The van der Waals surface area contributed by atoms with Crippen molar-refractivity contribution in [2.24, 2.45) is 0 Å². The average Bonchev–Trinajstić information content (AvgIpc) is 2.61. The highest BCUT2D eigenvalue weighted by molar-refractivity contribution is 5.95. The Labute approximate surface area is 155 Å². The molecule has 0 aromatic heterocycles. The van der Waals surface area contributed by atoms with E-state index in [1.54, 1.807) is 67.5 Å². The Morgan fingerprint density at radius 3 is 2.30 bits per heavy atom. The third-order valence-electron chi connectivity index (χ3n) is 3.26. The molecule has 0 bridgehead atoms. The number of nitrogens with zero attached hydrogens (tertiary/aromatic N) is 1. The zero-order valence-electron chi connectivity index (χ0n) is 14.8. The summed E-state index contributed by atoms with van der Waals surface area (Å²) in [4.78, 5) is 13.0. The molecule has 0 aliphatic heterocycles. The number of nitrogens with one attached hydrogen (secondary N) is 1. The van der Waals surface area contributed by atoms with E-state index in [0.717, 1.165) is 0 Å². The van der Waals surface area contributed by atoms with Gasteiger partial charge < -0.3 is 15.0 Å². The van der Waals surface area contributed by atoms with Crippen LogP contribution in [-0.2, 0) is 4.79 Å². The summed E-state index contributed by atoms with van der Waals surface area (Å²) in [5.41, 5.74) is 0.404. The number of hydrogen-bond donors (Lipinski definition) is 1. The number of ether oxygens (including phenoxy) is 1. The lowest BCUT2D eigenvalue weighted by atomic mass is 10.2. The lowest BCUT2D eigenvalue weighted by Gasteiger charge is -2.14. The summed E-state index contributed by atoms with van der Waals surface area (Å²) < 4.78 is 43.7. The molecule has 0 amide bonds. The molecule has 7 heteroatoms. The van der Waals surface area contributed by atoms with Crippen LogP contribution in [0.3, 0.4) is 0 Å². The van der Waals surface area contributed by atoms with Crippen LogP contribution in [0.1, 0.15) is 0 Å². The highest BCUT2D eigenvalue weighted by atomic mass is 19.4. The average molecular weight is 376 g/mol. The Hall–Kier alpha value is -3.22. The molecule has 2 aromatic carbocycles. The first-order chi connectivity index (χ1) is 12.8. The van der Waals surface area contributed by atoms with Crippen molar-refractivity contribution in [3.05, 3.63) is 78.6 Å². The Balaban J connectivity index is 2.32. The molecule has 2 rings (SSSR count).